The lowest BCUT2D eigenvalue weighted by Gasteiger charge is -2.12. The van der Waals surface area contributed by atoms with Crippen molar-refractivity contribution in [3.63, 3.8) is 0 Å². The molecular weight excluding hydrogens is 241 g/mol. The minimum absolute atomic E-state index is 0.0378. The minimum Gasteiger partial charge on any atom is -0.380 e. The van der Waals surface area contributed by atoms with Crippen molar-refractivity contribution in [3.8, 4) is 0 Å². The molecule has 0 bridgehead atoms. The molecule has 1 aromatic rings. The Morgan fingerprint density at radius 2 is 1.88 bits per heavy atom. The molecule has 17 heavy (non-hydrogen) atoms. The van der Waals surface area contributed by atoms with Crippen LogP contribution in [0.5, 0.6) is 0 Å². The van der Waals surface area contributed by atoms with E-state index in [0.717, 1.165) is 5.56 Å². The second-order valence-electron chi connectivity index (χ2n) is 4.02. The van der Waals surface area contributed by atoms with Crippen molar-refractivity contribution >= 4 is 7.60 Å². The lowest BCUT2D eigenvalue weighted by atomic mass is 10.1. The molecule has 0 aromatic heterocycles. The second kappa shape index (κ2) is 6.28. The van der Waals surface area contributed by atoms with E-state index in [1.165, 1.54) is 5.56 Å². The Morgan fingerprint density at radius 1 is 1.29 bits per heavy atom. The Hall–Kier alpha value is -0.710. The molecular formula is C11H18NO4P. The smallest absolute Gasteiger partial charge is 0.353 e. The van der Waals surface area contributed by atoms with Gasteiger partial charge in [0.15, 0.2) is 5.85 Å². The molecule has 0 saturated carbocycles. The first-order valence-electron chi connectivity index (χ1n) is 5.39. The average molecular weight is 259 g/mol. The topological polar surface area (TPSA) is 89.8 Å². The van der Waals surface area contributed by atoms with Gasteiger partial charge in [-0.05, 0) is 25.5 Å². The summed E-state index contributed by atoms with van der Waals surface area (Å²) in [5, 5.41) is 12.1. The molecule has 1 aromatic carbocycles. The van der Waals surface area contributed by atoms with Crippen molar-refractivity contribution in [2.75, 3.05) is 6.54 Å². The van der Waals surface area contributed by atoms with Crippen LogP contribution in [0.15, 0.2) is 24.3 Å². The average Bonchev–Trinajstić information content (AvgIpc) is 2.25. The van der Waals surface area contributed by atoms with Crippen molar-refractivity contribution in [3.05, 3.63) is 35.4 Å². The van der Waals surface area contributed by atoms with Crippen LogP contribution in [0, 0.1) is 6.92 Å². The molecule has 0 saturated heterocycles. The van der Waals surface area contributed by atoms with Crippen molar-refractivity contribution in [1.82, 2.24) is 5.32 Å². The first kappa shape index (κ1) is 14.4. The van der Waals surface area contributed by atoms with E-state index in [9.17, 15) is 4.57 Å². The number of aryl methyl sites for hydroxylation is 1. The van der Waals surface area contributed by atoms with Crippen LogP contribution in [-0.2, 0) is 11.1 Å². The van der Waals surface area contributed by atoms with Crippen molar-refractivity contribution in [2.45, 2.75) is 25.7 Å². The van der Waals surface area contributed by atoms with E-state index in [1.807, 2.05) is 31.2 Å². The number of hydrogen-bond acceptors (Lipinski definition) is 3. The van der Waals surface area contributed by atoms with Crippen LogP contribution in [0.3, 0.4) is 0 Å². The van der Waals surface area contributed by atoms with Gasteiger partial charge >= 0.3 is 7.60 Å². The van der Waals surface area contributed by atoms with Gasteiger partial charge in [0.1, 0.15) is 0 Å². The molecule has 0 aliphatic carbocycles. The van der Waals surface area contributed by atoms with E-state index in [4.69, 9.17) is 14.9 Å². The fourth-order valence-corrected chi connectivity index (χ4v) is 1.80. The maximum absolute atomic E-state index is 10.6. The van der Waals surface area contributed by atoms with Gasteiger partial charge in [-0.15, -0.1) is 0 Å². The fraction of sp³-hybridized carbons (Fsp3) is 0.455. The number of nitrogens with one attached hydrogen (secondary N) is 1. The van der Waals surface area contributed by atoms with Crippen LogP contribution >= 0.6 is 7.60 Å². The maximum Gasteiger partial charge on any atom is 0.353 e. The van der Waals surface area contributed by atoms with Gasteiger partial charge in [-0.2, -0.15) is 0 Å². The molecule has 1 unspecified atom stereocenters. The summed E-state index contributed by atoms with van der Waals surface area (Å²) >= 11 is 0. The molecule has 96 valence electrons. The number of aliphatic hydroxyl groups is 1. The quantitative estimate of drug-likeness (QED) is 0.451. The van der Waals surface area contributed by atoms with Gasteiger partial charge in [0.25, 0.3) is 0 Å². The van der Waals surface area contributed by atoms with Crippen LogP contribution in [0.1, 0.15) is 17.5 Å². The van der Waals surface area contributed by atoms with Crippen molar-refractivity contribution in [1.29, 1.82) is 0 Å². The summed E-state index contributed by atoms with van der Waals surface area (Å²) in [5.74, 6) is -1.58. The summed E-state index contributed by atoms with van der Waals surface area (Å²) in [4.78, 5) is 17.3. The SMILES string of the molecule is Cc1ccc(CNCCC(O)P(=O)(O)O)cc1. The van der Waals surface area contributed by atoms with Crippen LogP contribution in [0.4, 0.5) is 0 Å². The molecule has 4 N–H and O–H groups in total. The second-order valence-corrected chi connectivity index (χ2v) is 5.80. The molecule has 0 radical (unpaired) electrons. The zero-order valence-electron chi connectivity index (χ0n) is 9.71. The molecule has 6 heteroatoms. The molecule has 0 fully saturated rings. The molecule has 1 rings (SSSR count). The van der Waals surface area contributed by atoms with Gasteiger partial charge in [0, 0.05) is 6.54 Å². The maximum atomic E-state index is 10.6. The van der Waals surface area contributed by atoms with Gasteiger partial charge in [0.05, 0.1) is 0 Å². The highest BCUT2D eigenvalue weighted by atomic mass is 31.2. The predicted molar refractivity (Wildman–Crippen MR) is 65.6 cm³/mol. The standard InChI is InChI=1S/C11H18NO4P/c1-9-2-4-10(5-3-9)8-12-7-6-11(13)17(14,15)16/h2-5,11-13H,6-8H2,1H3,(H2,14,15,16). The van der Waals surface area contributed by atoms with E-state index in [-0.39, 0.29) is 6.42 Å². The summed E-state index contributed by atoms with van der Waals surface area (Å²) < 4.78 is 10.6. The van der Waals surface area contributed by atoms with Crippen molar-refractivity contribution < 1.29 is 19.5 Å². The van der Waals surface area contributed by atoms with Gasteiger partial charge in [0.2, 0.25) is 0 Å². The third-order valence-corrected chi connectivity index (χ3v) is 3.45. The molecule has 0 amide bonds. The molecule has 5 nitrogen and oxygen atoms in total. The van der Waals surface area contributed by atoms with E-state index >= 15 is 0 Å². The normalized spacial score (nSPS) is 13.6. The van der Waals surface area contributed by atoms with E-state index in [1.54, 1.807) is 0 Å². The molecule has 0 aliphatic rings. The largest absolute Gasteiger partial charge is 0.380 e. The van der Waals surface area contributed by atoms with E-state index in [0.29, 0.717) is 13.1 Å². The summed E-state index contributed by atoms with van der Waals surface area (Å²) in [7, 11) is -4.36. The Balaban J connectivity index is 2.25. The highest BCUT2D eigenvalue weighted by Gasteiger charge is 2.25. The zero-order valence-corrected chi connectivity index (χ0v) is 10.6. The van der Waals surface area contributed by atoms with Crippen LogP contribution in [-0.4, -0.2) is 27.3 Å². The molecule has 0 spiro atoms. The van der Waals surface area contributed by atoms with E-state index in [2.05, 4.69) is 5.32 Å². The molecule has 0 heterocycles. The third kappa shape index (κ3) is 5.44. The van der Waals surface area contributed by atoms with Crippen LogP contribution in [0.2, 0.25) is 0 Å². The van der Waals surface area contributed by atoms with Gasteiger partial charge < -0.3 is 20.2 Å². The van der Waals surface area contributed by atoms with Crippen molar-refractivity contribution in [2.24, 2.45) is 0 Å². The minimum atomic E-state index is -4.36. The molecule has 1 atom stereocenters. The monoisotopic (exact) mass is 259 g/mol. The lowest BCUT2D eigenvalue weighted by Crippen LogP contribution is -2.20. The highest BCUT2D eigenvalue weighted by molar-refractivity contribution is 7.52. The van der Waals surface area contributed by atoms with Gasteiger partial charge in [-0.1, -0.05) is 29.8 Å². The number of hydrogen-bond donors (Lipinski definition) is 4. The first-order valence-corrected chi connectivity index (χ1v) is 7.07. The Kier molecular flexibility index (Phi) is 5.31. The Labute approximate surface area is 101 Å². The first-order chi connectivity index (χ1) is 7.89. The lowest BCUT2D eigenvalue weighted by molar-refractivity contribution is 0.193. The summed E-state index contributed by atoms with van der Waals surface area (Å²) in [6, 6.07) is 7.98. The van der Waals surface area contributed by atoms with Crippen LogP contribution < -0.4 is 5.32 Å². The summed E-state index contributed by atoms with van der Waals surface area (Å²) in [6.45, 7) is 2.99. The zero-order chi connectivity index (χ0) is 12.9. The highest BCUT2D eigenvalue weighted by Crippen LogP contribution is 2.40. The van der Waals surface area contributed by atoms with Gasteiger partial charge in [-0.3, -0.25) is 4.57 Å². The summed E-state index contributed by atoms with van der Waals surface area (Å²) in [5.41, 5.74) is 2.28. The predicted octanol–water partition coefficient (Wildman–Crippen LogP) is 0.971. The summed E-state index contributed by atoms with van der Waals surface area (Å²) in [6.07, 6.45) is 0.0378. The third-order valence-electron chi connectivity index (χ3n) is 2.42. The van der Waals surface area contributed by atoms with Crippen LogP contribution in [0.25, 0.3) is 0 Å². The Bertz CT molecular complexity index is 387. The molecule has 0 aliphatic heterocycles. The number of aliphatic hydroxyl groups excluding tert-OH is 1. The Morgan fingerprint density at radius 3 is 2.41 bits per heavy atom. The fourth-order valence-electron chi connectivity index (χ4n) is 1.34. The van der Waals surface area contributed by atoms with E-state index < -0.39 is 13.4 Å². The number of benzene rings is 1. The number of rotatable bonds is 6. The van der Waals surface area contributed by atoms with Gasteiger partial charge in [-0.25, -0.2) is 0 Å².